The van der Waals surface area contributed by atoms with E-state index in [1.807, 2.05) is 0 Å². The van der Waals surface area contributed by atoms with E-state index in [-0.39, 0.29) is 45.1 Å². The topological polar surface area (TPSA) is 69.6 Å². The first-order valence-corrected chi connectivity index (χ1v) is 17.0. The Morgan fingerprint density at radius 3 is 2.31 bits per heavy atom. The Morgan fingerprint density at radius 1 is 0.929 bits per heavy atom. The summed E-state index contributed by atoms with van der Waals surface area (Å²) in [6.07, 6.45) is 12.2. The first-order chi connectivity index (χ1) is 19.6. The number of benzene rings is 1. The predicted octanol–water partition coefficient (Wildman–Crippen LogP) is 8.56. The third-order valence-corrected chi connectivity index (χ3v) is 14.9. The van der Waals surface area contributed by atoms with Crippen LogP contribution in [0.25, 0.3) is 0 Å². The van der Waals surface area contributed by atoms with Crippen molar-refractivity contribution in [3.05, 3.63) is 47.5 Å². The van der Waals surface area contributed by atoms with E-state index in [0.717, 1.165) is 64.3 Å². The van der Waals surface area contributed by atoms with Crippen molar-refractivity contribution in [2.75, 3.05) is 6.54 Å². The highest BCUT2D eigenvalue weighted by Gasteiger charge is 2.69. The monoisotopic (exact) mass is 575 g/mol. The fourth-order valence-electron chi connectivity index (χ4n) is 11.9. The SMILES string of the molecule is C[C@@H](NCC1(C)C(O)CCC2(C)C1CCC1(C)C2CC=C2C3CC(C)(C)CCC3(C(=O)O)CCC21C)c1ccccc1. The molecule has 6 rings (SSSR count). The summed E-state index contributed by atoms with van der Waals surface area (Å²) in [7, 11) is 0. The molecule has 9 unspecified atom stereocenters. The van der Waals surface area contributed by atoms with E-state index < -0.39 is 11.4 Å². The number of nitrogens with one attached hydrogen (secondary N) is 1. The number of allylic oxidation sites excluding steroid dienone is 2. The highest BCUT2D eigenvalue weighted by Crippen LogP contribution is 2.75. The molecule has 1 aromatic carbocycles. The summed E-state index contributed by atoms with van der Waals surface area (Å²) >= 11 is 0. The lowest BCUT2D eigenvalue weighted by atomic mass is 9.33. The zero-order valence-corrected chi connectivity index (χ0v) is 27.4. The number of carboxylic acid groups (broad SMARTS) is 1. The van der Waals surface area contributed by atoms with Crippen molar-refractivity contribution in [2.45, 2.75) is 125 Å². The van der Waals surface area contributed by atoms with Gasteiger partial charge in [0.15, 0.2) is 0 Å². The third-order valence-electron chi connectivity index (χ3n) is 14.9. The van der Waals surface area contributed by atoms with E-state index in [1.54, 1.807) is 0 Å². The van der Waals surface area contributed by atoms with Gasteiger partial charge >= 0.3 is 5.97 Å². The zero-order valence-electron chi connectivity index (χ0n) is 27.4. The van der Waals surface area contributed by atoms with E-state index in [0.29, 0.717) is 11.8 Å². The largest absolute Gasteiger partial charge is 0.481 e. The summed E-state index contributed by atoms with van der Waals surface area (Å²) in [5, 5.41) is 26.1. The molecule has 5 aliphatic rings. The lowest BCUT2D eigenvalue weighted by molar-refractivity contribution is -0.208. The van der Waals surface area contributed by atoms with Gasteiger partial charge in [-0.1, -0.05) is 83.5 Å². The first kappa shape index (κ1) is 30.4. The summed E-state index contributed by atoms with van der Waals surface area (Å²) in [6, 6.07) is 10.9. The van der Waals surface area contributed by atoms with Crippen molar-refractivity contribution in [3.8, 4) is 0 Å². The molecule has 0 radical (unpaired) electrons. The van der Waals surface area contributed by atoms with Gasteiger partial charge < -0.3 is 15.5 Å². The lowest BCUT2D eigenvalue weighted by Crippen LogP contribution is -2.66. The Balaban J connectivity index is 1.33. The fraction of sp³-hybridized carbons (Fsp3) is 0.763. The number of rotatable bonds is 5. The Kier molecular flexibility index (Phi) is 7.18. The van der Waals surface area contributed by atoms with Gasteiger partial charge in [-0.05, 0) is 116 Å². The molecule has 1 aromatic rings. The van der Waals surface area contributed by atoms with Crippen molar-refractivity contribution in [1.82, 2.24) is 5.32 Å². The third kappa shape index (κ3) is 4.16. The quantitative estimate of drug-likeness (QED) is 0.308. The fourth-order valence-corrected chi connectivity index (χ4v) is 11.9. The average Bonchev–Trinajstić information content (AvgIpc) is 2.94. The van der Waals surface area contributed by atoms with Crippen molar-refractivity contribution in [3.63, 3.8) is 0 Å². The summed E-state index contributed by atoms with van der Waals surface area (Å²) in [4.78, 5) is 12.9. The molecule has 0 aliphatic heterocycles. The van der Waals surface area contributed by atoms with E-state index in [1.165, 1.54) is 17.6 Å². The number of aliphatic hydroxyl groups excluding tert-OH is 1. The molecule has 0 heterocycles. The predicted molar refractivity (Wildman–Crippen MR) is 170 cm³/mol. The van der Waals surface area contributed by atoms with Crippen molar-refractivity contribution >= 4 is 5.97 Å². The molecule has 5 aliphatic carbocycles. The normalized spacial score (nSPS) is 46.7. The number of fused-ring (bicyclic) bond motifs is 7. The van der Waals surface area contributed by atoms with Gasteiger partial charge in [-0.3, -0.25) is 4.79 Å². The summed E-state index contributed by atoms with van der Waals surface area (Å²) in [5.74, 6) is 0.604. The molecule has 4 nitrogen and oxygen atoms in total. The number of hydrogen-bond acceptors (Lipinski definition) is 3. The highest BCUT2D eigenvalue weighted by molar-refractivity contribution is 5.76. The second kappa shape index (κ2) is 9.93. The van der Waals surface area contributed by atoms with Crippen LogP contribution in [0.15, 0.2) is 42.0 Å². The summed E-state index contributed by atoms with van der Waals surface area (Å²) < 4.78 is 0. The van der Waals surface area contributed by atoms with Crippen LogP contribution in [0.4, 0.5) is 0 Å². The molecule has 4 fully saturated rings. The molecule has 232 valence electrons. The van der Waals surface area contributed by atoms with E-state index in [2.05, 4.69) is 90.2 Å². The minimum absolute atomic E-state index is 0.0352. The van der Waals surface area contributed by atoms with Gasteiger partial charge in [0.25, 0.3) is 0 Å². The van der Waals surface area contributed by atoms with Gasteiger partial charge in [0.05, 0.1) is 11.5 Å². The van der Waals surface area contributed by atoms with Gasteiger partial charge in [0.2, 0.25) is 0 Å². The molecule has 0 saturated heterocycles. The maximum atomic E-state index is 12.9. The second-order valence-electron chi connectivity index (χ2n) is 17.3. The van der Waals surface area contributed by atoms with Crippen LogP contribution in [-0.2, 0) is 4.79 Å². The smallest absolute Gasteiger partial charge is 0.310 e. The Hall–Kier alpha value is -1.65. The molecule has 0 spiro atoms. The summed E-state index contributed by atoms with van der Waals surface area (Å²) in [5.41, 5.74) is 2.55. The summed E-state index contributed by atoms with van der Waals surface area (Å²) in [6.45, 7) is 17.8. The zero-order chi connectivity index (χ0) is 30.3. The van der Waals surface area contributed by atoms with E-state index in [4.69, 9.17) is 0 Å². The number of carbonyl (C=O) groups is 1. The number of hydrogen-bond donors (Lipinski definition) is 3. The molecule has 0 bridgehead atoms. The maximum Gasteiger partial charge on any atom is 0.310 e. The first-order valence-electron chi connectivity index (χ1n) is 17.0. The molecule has 4 heteroatoms. The molecule has 10 atom stereocenters. The molecule has 42 heavy (non-hydrogen) atoms. The van der Waals surface area contributed by atoms with Crippen LogP contribution in [-0.4, -0.2) is 28.8 Å². The van der Waals surface area contributed by atoms with Gasteiger partial charge in [0, 0.05) is 18.0 Å². The average molecular weight is 576 g/mol. The number of carboxylic acids is 1. The standard InChI is InChI=1S/C38H57NO3/c1-25(26-11-9-8-10-12-26)39-24-35(5)29-15-18-37(7)30(34(29,4)17-16-31(35)40)14-13-27-28-23-33(2,3)19-21-38(28,32(41)42)22-20-36(27,37)6/h8-13,25,28-31,39-40H,14-24H2,1-7H3,(H,41,42)/t25-,28?,29?,30?,31?,34?,35?,36?,37?,38?/m1/s1. The van der Waals surface area contributed by atoms with Crippen molar-refractivity contribution in [1.29, 1.82) is 0 Å². The highest BCUT2D eigenvalue weighted by atomic mass is 16.4. The van der Waals surface area contributed by atoms with Crippen molar-refractivity contribution < 1.29 is 15.0 Å². The van der Waals surface area contributed by atoms with Crippen LogP contribution >= 0.6 is 0 Å². The minimum atomic E-state index is -0.584. The van der Waals surface area contributed by atoms with Crippen LogP contribution in [0.2, 0.25) is 0 Å². The molecular formula is C38H57NO3. The van der Waals surface area contributed by atoms with Gasteiger partial charge in [0.1, 0.15) is 0 Å². The number of aliphatic hydroxyl groups is 1. The maximum absolute atomic E-state index is 12.9. The number of aliphatic carboxylic acids is 1. The van der Waals surface area contributed by atoms with E-state index in [9.17, 15) is 15.0 Å². The molecule has 3 N–H and O–H groups in total. The Morgan fingerprint density at radius 2 is 1.62 bits per heavy atom. The van der Waals surface area contributed by atoms with Crippen LogP contribution < -0.4 is 5.32 Å². The van der Waals surface area contributed by atoms with Crippen LogP contribution in [0.5, 0.6) is 0 Å². The molecule has 0 amide bonds. The van der Waals surface area contributed by atoms with Gasteiger partial charge in [-0.2, -0.15) is 0 Å². The van der Waals surface area contributed by atoms with Crippen LogP contribution in [0.1, 0.15) is 124 Å². The Labute approximate surface area is 255 Å². The minimum Gasteiger partial charge on any atom is -0.481 e. The van der Waals surface area contributed by atoms with Crippen LogP contribution in [0.3, 0.4) is 0 Å². The van der Waals surface area contributed by atoms with Crippen molar-refractivity contribution in [2.24, 2.45) is 50.2 Å². The van der Waals surface area contributed by atoms with Crippen LogP contribution in [0, 0.1) is 50.2 Å². The molecule has 0 aromatic heterocycles. The Bertz CT molecular complexity index is 1240. The van der Waals surface area contributed by atoms with E-state index >= 15 is 0 Å². The second-order valence-corrected chi connectivity index (χ2v) is 17.3. The van der Waals surface area contributed by atoms with Gasteiger partial charge in [-0.15, -0.1) is 0 Å². The van der Waals surface area contributed by atoms with Gasteiger partial charge in [-0.25, -0.2) is 0 Å². The molecular weight excluding hydrogens is 518 g/mol. The lowest BCUT2D eigenvalue weighted by Gasteiger charge is -2.71. The molecule has 4 saturated carbocycles.